The Morgan fingerprint density at radius 3 is 2.05 bits per heavy atom. The highest BCUT2D eigenvalue weighted by Crippen LogP contribution is 2.34. The first kappa shape index (κ1) is 25.4. The molecule has 0 aliphatic carbocycles. The molecule has 1 aromatic heterocycles. The van der Waals surface area contributed by atoms with Crippen molar-refractivity contribution in [3.8, 4) is 0 Å². The third kappa shape index (κ3) is 5.54. The number of carbonyl (C=O) groups is 1. The molecule has 37 heavy (non-hydrogen) atoms. The topological polar surface area (TPSA) is 52.6 Å². The Morgan fingerprint density at radius 2 is 1.46 bits per heavy atom. The second-order valence-electron chi connectivity index (χ2n) is 10.9. The third-order valence-electron chi connectivity index (χ3n) is 8.52. The van der Waals surface area contributed by atoms with Crippen molar-refractivity contribution in [3.63, 3.8) is 0 Å². The number of aryl methyl sites for hydroxylation is 2. The number of para-hydroxylation sites is 1. The summed E-state index contributed by atoms with van der Waals surface area (Å²) in [6.45, 7) is 10.9. The predicted molar refractivity (Wildman–Crippen MR) is 149 cm³/mol. The maximum Gasteiger partial charge on any atom is 0.257 e. The van der Waals surface area contributed by atoms with Gasteiger partial charge in [0.05, 0.1) is 17.0 Å². The van der Waals surface area contributed by atoms with E-state index in [0.717, 1.165) is 69.8 Å². The minimum atomic E-state index is 0.0794. The number of anilines is 1. The first-order valence-corrected chi connectivity index (χ1v) is 13.6. The van der Waals surface area contributed by atoms with Crippen LogP contribution in [-0.4, -0.2) is 63.4 Å². The number of piperidine rings is 2. The molecular weight excluding hydrogens is 458 g/mol. The molecule has 0 atom stereocenters. The van der Waals surface area contributed by atoms with Crippen LogP contribution in [0, 0.1) is 13.8 Å². The second-order valence-corrected chi connectivity index (χ2v) is 10.9. The molecule has 6 nitrogen and oxygen atoms in total. The summed E-state index contributed by atoms with van der Waals surface area (Å²) < 4.78 is 0. The van der Waals surface area contributed by atoms with Gasteiger partial charge in [-0.2, -0.15) is 0 Å². The fraction of sp³-hybridized carbons (Fsp3) is 0.452. The average molecular weight is 498 g/mol. The quantitative estimate of drug-likeness (QED) is 0.465. The molecule has 1 amide bonds. The molecule has 2 aliphatic rings. The molecule has 0 radical (unpaired) electrons. The molecule has 3 aromatic rings. The van der Waals surface area contributed by atoms with Crippen LogP contribution in [0.25, 0.3) is 0 Å². The fourth-order valence-corrected chi connectivity index (χ4v) is 6.12. The van der Waals surface area contributed by atoms with E-state index in [1.54, 1.807) is 0 Å². The van der Waals surface area contributed by atoms with Crippen molar-refractivity contribution in [1.29, 1.82) is 0 Å². The molecule has 194 valence electrons. The fourth-order valence-electron chi connectivity index (χ4n) is 6.12. The Labute approximate surface area is 221 Å². The highest BCUT2D eigenvalue weighted by molar-refractivity contribution is 5.96. The highest BCUT2D eigenvalue weighted by Gasteiger charge is 2.39. The monoisotopic (exact) mass is 497 g/mol. The maximum atomic E-state index is 13.3. The molecule has 5 rings (SSSR count). The smallest absolute Gasteiger partial charge is 0.257 e. The van der Waals surface area contributed by atoms with Crippen molar-refractivity contribution in [2.24, 2.45) is 0 Å². The van der Waals surface area contributed by atoms with Gasteiger partial charge in [0.15, 0.2) is 0 Å². The summed E-state index contributed by atoms with van der Waals surface area (Å²) in [7, 11) is 0. The zero-order valence-electron chi connectivity index (χ0n) is 22.4. The largest absolute Gasteiger partial charge is 0.364 e. The van der Waals surface area contributed by atoms with E-state index in [4.69, 9.17) is 0 Å². The molecule has 6 heteroatoms. The van der Waals surface area contributed by atoms with Gasteiger partial charge in [-0.15, -0.1) is 0 Å². The lowest BCUT2D eigenvalue weighted by Gasteiger charge is -2.50. The van der Waals surface area contributed by atoms with Crippen molar-refractivity contribution < 1.29 is 4.79 Å². The summed E-state index contributed by atoms with van der Waals surface area (Å²) in [6.07, 6.45) is 5.85. The molecule has 0 spiro atoms. The van der Waals surface area contributed by atoms with Gasteiger partial charge in [0.1, 0.15) is 6.33 Å². The minimum absolute atomic E-state index is 0.0794. The summed E-state index contributed by atoms with van der Waals surface area (Å²) in [5.41, 5.74) is 5.00. The molecule has 0 saturated carbocycles. The van der Waals surface area contributed by atoms with Gasteiger partial charge < -0.3 is 9.80 Å². The summed E-state index contributed by atoms with van der Waals surface area (Å²) in [6, 6.07) is 22.2. The zero-order chi connectivity index (χ0) is 25.8. The summed E-state index contributed by atoms with van der Waals surface area (Å²) in [4.78, 5) is 29.1. The van der Waals surface area contributed by atoms with Gasteiger partial charge in [0.25, 0.3) is 5.91 Å². The van der Waals surface area contributed by atoms with Crippen LogP contribution in [0.5, 0.6) is 0 Å². The molecular formula is C31H39N5O. The number of amides is 1. The first-order valence-electron chi connectivity index (χ1n) is 13.6. The zero-order valence-corrected chi connectivity index (χ0v) is 22.4. The molecule has 0 N–H and O–H groups in total. The Balaban J connectivity index is 1.22. The van der Waals surface area contributed by atoms with Crippen LogP contribution in [0.4, 0.5) is 5.69 Å². The number of hydrogen-bond acceptors (Lipinski definition) is 5. The van der Waals surface area contributed by atoms with Crippen molar-refractivity contribution in [3.05, 3.63) is 89.5 Å². The van der Waals surface area contributed by atoms with Crippen molar-refractivity contribution in [1.82, 2.24) is 19.8 Å². The van der Waals surface area contributed by atoms with Crippen LogP contribution < -0.4 is 4.90 Å². The minimum Gasteiger partial charge on any atom is -0.364 e. The number of rotatable bonds is 6. The van der Waals surface area contributed by atoms with Crippen molar-refractivity contribution in [2.75, 3.05) is 31.1 Å². The van der Waals surface area contributed by atoms with Crippen molar-refractivity contribution >= 4 is 11.6 Å². The molecule has 2 saturated heterocycles. The van der Waals surface area contributed by atoms with E-state index in [-0.39, 0.29) is 11.4 Å². The van der Waals surface area contributed by atoms with Gasteiger partial charge in [-0.25, -0.2) is 9.97 Å². The van der Waals surface area contributed by atoms with E-state index in [9.17, 15) is 4.79 Å². The molecule has 3 heterocycles. The van der Waals surface area contributed by atoms with Gasteiger partial charge in [0.2, 0.25) is 0 Å². The van der Waals surface area contributed by atoms with E-state index in [1.807, 2.05) is 18.7 Å². The highest BCUT2D eigenvalue weighted by atomic mass is 16.2. The molecule has 2 aliphatic heterocycles. The van der Waals surface area contributed by atoms with Gasteiger partial charge in [-0.3, -0.25) is 9.69 Å². The van der Waals surface area contributed by atoms with Gasteiger partial charge >= 0.3 is 0 Å². The standard InChI is InChI=1S/C31H39N5O/c1-24-29(25(2)33-23-32-24)30(37)34-20-16-31(3,17-21-34)35-18-14-28(15-19-35)36(27-12-8-5-9-13-27)22-26-10-6-4-7-11-26/h4-13,23,28H,14-22H2,1-3H3. The second kappa shape index (κ2) is 11.0. The maximum absolute atomic E-state index is 13.3. The first-order chi connectivity index (χ1) is 17.9. The SMILES string of the molecule is Cc1ncnc(C)c1C(=O)N1CCC(C)(N2CCC(N(Cc3ccccc3)c3ccccc3)CC2)CC1. The molecule has 2 fully saturated rings. The summed E-state index contributed by atoms with van der Waals surface area (Å²) >= 11 is 0. The van der Waals surface area contributed by atoms with Crippen LogP contribution in [0.15, 0.2) is 67.0 Å². The number of benzene rings is 2. The van der Waals surface area contributed by atoms with E-state index < -0.39 is 0 Å². The van der Waals surface area contributed by atoms with Crippen LogP contribution in [0.1, 0.15) is 59.9 Å². The van der Waals surface area contributed by atoms with Crippen LogP contribution >= 0.6 is 0 Å². The van der Waals surface area contributed by atoms with E-state index in [0.29, 0.717) is 11.6 Å². The van der Waals surface area contributed by atoms with Crippen molar-refractivity contribution in [2.45, 2.75) is 64.6 Å². The Hall–Kier alpha value is -3.25. The van der Waals surface area contributed by atoms with Gasteiger partial charge in [-0.1, -0.05) is 48.5 Å². The average Bonchev–Trinajstić information content (AvgIpc) is 2.93. The third-order valence-corrected chi connectivity index (χ3v) is 8.52. The lowest BCUT2D eigenvalue weighted by Crippen LogP contribution is -2.58. The number of likely N-dealkylation sites (tertiary alicyclic amines) is 2. The number of aromatic nitrogens is 2. The normalized spacial score (nSPS) is 18.5. The number of hydrogen-bond donors (Lipinski definition) is 0. The molecule has 0 unspecified atom stereocenters. The van der Waals surface area contributed by atoms with E-state index in [2.05, 4.69) is 87.4 Å². The summed E-state index contributed by atoms with van der Waals surface area (Å²) in [5.74, 6) is 0.0794. The number of carbonyl (C=O) groups excluding carboxylic acids is 1. The van der Waals surface area contributed by atoms with Crippen LogP contribution in [0.3, 0.4) is 0 Å². The Morgan fingerprint density at radius 1 is 0.892 bits per heavy atom. The van der Waals surface area contributed by atoms with Gasteiger partial charge in [-0.05, 0) is 64.2 Å². The number of nitrogens with zero attached hydrogens (tertiary/aromatic N) is 5. The predicted octanol–water partition coefficient (Wildman–Crippen LogP) is 5.26. The molecule has 0 bridgehead atoms. The lowest BCUT2D eigenvalue weighted by molar-refractivity contribution is 0.0170. The Kier molecular flexibility index (Phi) is 7.56. The Bertz CT molecular complexity index is 1160. The molecule has 2 aromatic carbocycles. The summed E-state index contributed by atoms with van der Waals surface area (Å²) in [5, 5.41) is 0. The van der Waals surface area contributed by atoms with Crippen LogP contribution in [0.2, 0.25) is 0 Å². The van der Waals surface area contributed by atoms with Gasteiger partial charge in [0, 0.05) is 50.0 Å². The van der Waals surface area contributed by atoms with E-state index >= 15 is 0 Å². The lowest BCUT2D eigenvalue weighted by atomic mass is 9.85. The van der Waals surface area contributed by atoms with E-state index in [1.165, 1.54) is 17.6 Å². The van der Waals surface area contributed by atoms with Crippen LogP contribution in [-0.2, 0) is 6.54 Å².